The first-order valence-electron chi connectivity index (χ1n) is 13.8. The van der Waals surface area contributed by atoms with Crippen LogP contribution < -0.4 is 0 Å². The molecule has 40 heavy (non-hydrogen) atoms. The van der Waals surface area contributed by atoms with Crippen LogP contribution in [0.3, 0.4) is 0 Å². The Morgan fingerprint density at radius 2 is 0.850 bits per heavy atom. The van der Waals surface area contributed by atoms with Gasteiger partial charge in [0.2, 0.25) is 0 Å². The largest absolute Gasteiger partial charge is 0.507 e. The Bertz CT molecular complexity index is 1360. The highest BCUT2D eigenvalue weighted by molar-refractivity contribution is 5.85. The van der Waals surface area contributed by atoms with Crippen LogP contribution in [0.1, 0.15) is 87.0 Å². The summed E-state index contributed by atoms with van der Waals surface area (Å²) in [6.07, 6.45) is 3.51. The third-order valence-electron chi connectivity index (χ3n) is 7.08. The molecule has 2 N–H and O–H groups in total. The van der Waals surface area contributed by atoms with E-state index in [1.807, 2.05) is 72.8 Å². The number of rotatable bonds is 7. The highest BCUT2D eigenvalue weighted by atomic mass is 16.3. The lowest BCUT2D eigenvalue weighted by atomic mass is 9.85. The second-order valence-electron chi connectivity index (χ2n) is 12.3. The monoisotopic (exact) mass is 532 g/mol. The van der Waals surface area contributed by atoms with Crippen molar-refractivity contribution in [2.45, 2.75) is 64.5 Å². The third-order valence-corrected chi connectivity index (χ3v) is 7.08. The van der Waals surface area contributed by atoms with Crippen molar-refractivity contribution in [1.82, 2.24) is 0 Å². The van der Waals surface area contributed by atoms with Gasteiger partial charge in [-0.1, -0.05) is 126 Å². The molecule has 0 spiro atoms. The predicted octanol–water partition coefficient (Wildman–Crippen LogP) is 8.71. The minimum absolute atomic E-state index is 0.201. The Kier molecular flexibility index (Phi) is 8.58. The molecule has 0 aliphatic carbocycles. The first-order chi connectivity index (χ1) is 19.0. The zero-order valence-electron chi connectivity index (χ0n) is 24.3. The van der Waals surface area contributed by atoms with Gasteiger partial charge in [-0.15, -0.1) is 0 Å². The fourth-order valence-electron chi connectivity index (χ4n) is 4.86. The van der Waals surface area contributed by atoms with Crippen molar-refractivity contribution >= 4 is 12.4 Å². The molecule has 206 valence electrons. The van der Waals surface area contributed by atoms with E-state index in [1.165, 1.54) is 0 Å². The van der Waals surface area contributed by atoms with Crippen molar-refractivity contribution in [3.63, 3.8) is 0 Å². The molecule has 0 fully saturated rings. The number of aliphatic imine (C=N–C) groups is 2. The van der Waals surface area contributed by atoms with Crippen LogP contribution in [0.15, 0.2) is 107 Å². The topological polar surface area (TPSA) is 65.2 Å². The number of hydrogen-bond donors (Lipinski definition) is 2. The van der Waals surface area contributed by atoms with Crippen LogP contribution in [0.2, 0.25) is 0 Å². The first kappa shape index (κ1) is 28.8. The van der Waals surface area contributed by atoms with Gasteiger partial charge in [0.15, 0.2) is 0 Å². The molecular formula is C36H40N2O2. The zero-order valence-corrected chi connectivity index (χ0v) is 24.3. The molecule has 4 aromatic rings. The molecule has 0 aliphatic rings. The van der Waals surface area contributed by atoms with Crippen LogP contribution >= 0.6 is 0 Å². The summed E-state index contributed by atoms with van der Waals surface area (Å²) in [5, 5.41) is 22.2. The van der Waals surface area contributed by atoms with Crippen molar-refractivity contribution in [2.24, 2.45) is 9.98 Å². The van der Waals surface area contributed by atoms with Gasteiger partial charge in [0.1, 0.15) is 23.6 Å². The SMILES string of the molecule is CC(C)(C)c1cccc(C=NC(c2ccccc2)C(N=Cc2cccc(C(C)(C)C)c2O)c2ccccc2)c1O. The summed E-state index contributed by atoms with van der Waals surface area (Å²) < 4.78 is 0. The Morgan fingerprint density at radius 1 is 0.500 bits per heavy atom. The van der Waals surface area contributed by atoms with Gasteiger partial charge in [-0.05, 0) is 45.2 Å². The lowest BCUT2D eigenvalue weighted by molar-refractivity contribution is 0.445. The number of nitrogens with zero attached hydrogens (tertiary/aromatic N) is 2. The third kappa shape index (κ3) is 6.69. The van der Waals surface area contributed by atoms with E-state index < -0.39 is 0 Å². The summed E-state index contributed by atoms with van der Waals surface area (Å²) in [6.45, 7) is 12.5. The van der Waals surface area contributed by atoms with Gasteiger partial charge in [0, 0.05) is 23.6 Å². The van der Waals surface area contributed by atoms with E-state index in [0.29, 0.717) is 11.1 Å². The fourth-order valence-corrected chi connectivity index (χ4v) is 4.86. The summed E-state index contributed by atoms with van der Waals surface area (Å²) in [5.41, 5.74) is 4.69. The molecule has 2 atom stereocenters. The first-order valence-corrected chi connectivity index (χ1v) is 13.8. The molecule has 0 aliphatic heterocycles. The second kappa shape index (κ2) is 11.9. The van der Waals surface area contributed by atoms with Crippen LogP contribution in [-0.2, 0) is 10.8 Å². The van der Waals surface area contributed by atoms with Gasteiger partial charge in [-0.2, -0.15) is 0 Å². The second-order valence-corrected chi connectivity index (χ2v) is 12.3. The van der Waals surface area contributed by atoms with E-state index in [9.17, 15) is 10.2 Å². The van der Waals surface area contributed by atoms with Crippen LogP contribution in [-0.4, -0.2) is 22.6 Å². The van der Waals surface area contributed by atoms with Crippen LogP contribution in [0.5, 0.6) is 11.5 Å². The van der Waals surface area contributed by atoms with Crippen molar-refractivity contribution in [1.29, 1.82) is 0 Å². The van der Waals surface area contributed by atoms with Gasteiger partial charge >= 0.3 is 0 Å². The van der Waals surface area contributed by atoms with Crippen LogP contribution in [0, 0.1) is 0 Å². The minimum Gasteiger partial charge on any atom is -0.507 e. The number of para-hydroxylation sites is 2. The summed E-state index contributed by atoms with van der Waals surface area (Å²) in [5.74, 6) is 0.489. The number of aromatic hydroxyl groups is 2. The molecule has 0 aromatic heterocycles. The van der Waals surface area contributed by atoms with Crippen molar-refractivity contribution < 1.29 is 10.2 Å². The summed E-state index contributed by atoms with van der Waals surface area (Å²) >= 11 is 0. The highest BCUT2D eigenvalue weighted by Crippen LogP contribution is 2.38. The Hall–Kier alpha value is -4.18. The Labute approximate surface area is 238 Å². The number of phenols is 2. The smallest absolute Gasteiger partial charge is 0.128 e. The maximum atomic E-state index is 11.1. The molecule has 0 saturated carbocycles. The molecule has 4 rings (SSSR count). The van der Waals surface area contributed by atoms with E-state index in [4.69, 9.17) is 9.98 Å². The number of phenolic OH excluding ortho intramolecular Hbond substituents is 2. The van der Waals surface area contributed by atoms with E-state index in [0.717, 1.165) is 22.3 Å². The summed E-state index contributed by atoms with van der Waals surface area (Å²) in [6, 6.07) is 31.0. The molecule has 4 aromatic carbocycles. The van der Waals surface area contributed by atoms with Gasteiger partial charge in [0.05, 0.1) is 0 Å². The molecule has 0 heterocycles. The molecule has 2 unspecified atom stereocenters. The average Bonchev–Trinajstić information content (AvgIpc) is 2.91. The number of hydrogen-bond acceptors (Lipinski definition) is 4. The van der Waals surface area contributed by atoms with E-state index in [-0.39, 0.29) is 34.4 Å². The molecular weight excluding hydrogens is 492 g/mol. The van der Waals surface area contributed by atoms with Gasteiger partial charge < -0.3 is 10.2 Å². The standard InChI is InChI=1S/C36H40N2O2/c1-35(2,3)29-21-13-19-27(33(29)39)23-37-31(25-15-9-7-10-16-25)32(26-17-11-8-12-18-26)38-24-28-20-14-22-30(34(28)40)36(4,5)6/h7-24,31-32,39-40H,1-6H3. The summed E-state index contributed by atoms with van der Waals surface area (Å²) in [7, 11) is 0. The fraction of sp³-hybridized carbons (Fsp3) is 0.278. The highest BCUT2D eigenvalue weighted by Gasteiger charge is 2.25. The van der Waals surface area contributed by atoms with Crippen LogP contribution in [0.4, 0.5) is 0 Å². The quantitative estimate of drug-likeness (QED) is 0.234. The molecule has 0 radical (unpaired) electrons. The zero-order chi connectivity index (χ0) is 28.9. The van der Waals surface area contributed by atoms with E-state index >= 15 is 0 Å². The van der Waals surface area contributed by atoms with Gasteiger partial charge in [-0.3, -0.25) is 9.98 Å². The molecule has 4 nitrogen and oxygen atoms in total. The number of benzene rings is 4. The van der Waals surface area contributed by atoms with Crippen molar-refractivity contribution in [3.8, 4) is 11.5 Å². The maximum absolute atomic E-state index is 11.1. The molecule has 0 bridgehead atoms. The molecule has 4 heteroatoms. The Morgan fingerprint density at radius 3 is 1.18 bits per heavy atom. The molecule has 0 amide bonds. The van der Waals surface area contributed by atoms with Crippen molar-refractivity contribution in [2.75, 3.05) is 0 Å². The Balaban J connectivity index is 1.83. The van der Waals surface area contributed by atoms with Gasteiger partial charge in [0.25, 0.3) is 0 Å². The predicted molar refractivity (Wildman–Crippen MR) is 167 cm³/mol. The lowest BCUT2D eigenvalue weighted by Gasteiger charge is -2.23. The molecule has 0 saturated heterocycles. The van der Waals surface area contributed by atoms with Crippen molar-refractivity contribution in [3.05, 3.63) is 130 Å². The van der Waals surface area contributed by atoms with Crippen LogP contribution in [0.25, 0.3) is 0 Å². The van der Waals surface area contributed by atoms with Gasteiger partial charge in [-0.25, -0.2) is 0 Å². The minimum atomic E-state index is -0.370. The maximum Gasteiger partial charge on any atom is 0.128 e. The van der Waals surface area contributed by atoms with E-state index in [1.54, 1.807) is 12.4 Å². The normalized spacial score (nSPS) is 14.1. The lowest BCUT2D eigenvalue weighted by Crippen LogP contribution is -2.12. The van der Waals surface area contributed by atoms with E-state index in [2.05, 4.69) is 65.8 Å². The summed E-state index contributed by atoms with van der Waals surface area (Å²) in [4.78, 5) is 10.1. The average molecular weight is 533 g/mol.